The molecule has 4 N–H and O–H groups in total. The second-order valence-corrected chi connectivity index (χ2v) is 8.79. The van der Waals surface area contributed by atoms with Crippen LogP contribution in [0, 0.1) is 5.82 Å². The van der Waals surface area contributed by atoms with Gasteiger partial charge in [-0.05, 0) is 49.2 Å². The van der Waals surface area contributed by atoms with E-state index >= 15 is 0 Å². The Labute approximate surface area is 201 Å². The standard InChI is InChI=1S/C22H24Cl3FN4O2/c23-16-3-1-2-14(20(16)25)12-30-9-7-15(29-19(6-8-27)22(30)32)11-28-21(31)13-4-5-18(26)17(24)10-13/h1-5,10,15,19,29H,6-9,11-12,27H2,(H,28,31)/t15-,19-/m0/s1. The predicted octanol–water partition coefficient (Wildman–Crippen LogP) is 3.62. The van der Waals surface area contributed by atoms with Gasteiger partial charge in [0.25, 0.3) is 5.91 Å². The van der Waals surface area contributed by atoms with Gasteiger partial charge < -0.3 is 21.3 Å². The quantitative estimate of drug-likeness (QED) is 0.541. The third-order valence-corrected chi connectivity index (χ3v) is 6.48. The van der Waals surface area contributed by atoms with Gasteiger partial charge in [-0.1, -0.05) is 46.9 Å². The fourth-order valence-corrected chi connectivity index (χ4v) is 4.16. The van der Waals surface area contributed by atoms with E-state index in [-0.39, 0.29) is 35.0 Å². The summed E-state index contributed by atoms with van der Waals surface area (Å²) < 4.78 is 13.3. The van der Waals surface area contributed by atoms with Crippen LogP contribution in [0.4, 0.5) is 4.39 Å². The summed E-state index contributed by atoms with van der Waals surface area (Å²) >= 11 is 18.2. The van der Waals surface area contributed by atoms with Gasteiger partial charge in [-0.2, -0.15) is 0 Å². The lowest BCUT2D eigenvalue weighted by atomic mass is 10.1. The summed E-state index contributed by atoms with van der Waals surface area (Å²) in [6.07, 6.45) is 1.06. The molecular formula is C22H24Cl3FN4O2. The van der Waals surface area contributed by atoms with Crippen LogP contribution in [0.5, 0.6) is 0 Å². The average Bonchev–Trinajstić information content (AvgIpc) is 2.91. The third-order valence-electron chi connectivity index (χ3n) is 5.33. The number of carbonyl (C=O) groups excluding carboxylic acids is 2. The highest BCUT2D eigenvalue weighted by Gasteiger charge is 2.31. The highest BCUT2D eigenvalue weighted by atomic mass is 35.5. The number of hydrogen-bond donors (Lipinski definition) is 3. The lowest BCUT2D eigenvalue weighted by molar-refractivity contribution is -0.133. The maximum Gasteiger partial charge on any atom is 0.251 e. The lowest BCUT2D eigenvalue weighted by Crippen LogP contribution is -2.49. The molecule has 0 bridgehead atoms. The Morgan fingerprint density at radius 3 is 2.72 bits per heavy atom. The fourth-order valence-electron chi connectivity index (χ4n) is 3.60. The molecule has 0 spiro atoms. The van der Waals surface area contributed by atoms with Gasteiger partial charge in [0.2, 0.25) is 5.91 Å². The first-order chi connectivity index (χ1) is 15.3. The molecule has 0 radical (unpaired) electrons. The summed E-state index contributed by atoms with van der Waals surface area (Å²) in [6, 6.07) is 8.49. The molecule has 0 unspecified atom stereocenters. The normalized spacial score (nSPS) is 19.0. The number of amides is 2. The van der Waals surface area contributed by atoms with Crippen LogP contribution in [0.15, 0.2) is 36.4 Å². The van der Waals surface area contributed by atoms with Crippen molar-refractivity contribution in [1.82, 2.24) is 15.5 Å². The van der Waals surface area contributed by atoms with E-state index in [1.807, 2.05) is 6.07 Å². The van der Waals surface area contributed by atoms with Crippen molar-refractivity contribution < 1.29 is 14.0 Å². The van der Waals surface area contributed by atoms with Crippen LogP contribution in [0.1, 0.15) is 28.8 Å². The fraction of sp³-hybridized carbons (Fsp3) is 0.364. The highest BCUT2D eigenvalue weighted by Crippen LogP contribution is 2.27. The van der Waals surface area contributed by atoms with Crippen LogP contribution in [0.3, 0.4) is 0 Å². The Morgan fingerprint density at radius 1 is 1.22 bits per heavy atom. The Hall–Kier alpha value is -1.90. The maximum absolute atomic E-state index is 13.3. The molecule has 6 nitrogen and oxygen atoms in total. The number of carbonyl (C=O) groups is 2. The first-order valence-electron chi connectivity index (χ1n) is 10.2. The topological polar surface area (TPSA) is 87.5 Å². The van der Waals surface area contributed by atoms with E-state index in [9.17, 15) is 14.0 Å². The number of halogens is 4. The third kappa shape index (κ3) is 6.11. The van der Waals surface area contributed by atoms with E-state index in [2.05, 4.69) is 10.6 Å². The van der Waals surface area contributed by atoms with Crippen molar-refractivity contribution in [3.05, 3.63) is 68.4 Å². The van der Waals surface area contributed by atoms with Crippen LogP contribution >= 0.6 is 34.8 Å². The Kier molecular flexibility index (Phi) is 8.73. The minimum absolute atomic E-state index is 0.0781. The molecule has 2 aromatic carbocycles. The molecule has 0 aromatic heterocycles. The van der Waals surface area contributed by atoms with E-state index in [1.54, 1.807) is 17.0 Å². The van der Waals surface area contributed by atoms with Gasteiger partial charge >= 0.3 is 0 Å². The highest BCUT2D eigenvalue weighted by molar-refractivity contribution is 6.42. The van der Waals surface area contributed by atoms with Crippen molar-refractivity contribution in [2.45, 2.75) is 31.5 Å². The van der Waals surface area contributed by atoms with E-state index < -0.39 is 11.9 Å². The molecule has 0 aliphatic carbocycles. The zero-order chi connectivity index (χ0) is 23.3. The molecule has 10 heteroatoms. The van der Waals surface area contributed by atoms with Gasteiger partial charge in [-0.3, -0.25) is 9.59 Å². The molecule has 2 aromatic rings. The van der Waals surface area contributed by atoms with Crippen LogP contribution in [0.25, 0.3) is 0 Å². The molecule has 32 heavy (non-hydrogen) atoms. The summed E-state index contributed by atoms with van der Waals surface area (Å²) in [5, 5.41) is 6.87. The molecule has 1 fully saturated rings. The molecule has 1 aliphatic rings. The average molecular weight is 502 g/mol. The van der Waals surface area contributed by atoms with Gasteiger partial charge in [0, 0.05) is 31.2 Å². The Bertz CT molecular complexity index is 992. The first-order valence-corrected chi connectivity index (χ1v) is 11.3. The van der Waals surface area contributed by atoms with E-state index in [0.717, 1.165) is 11.6 Å². The van der Waals surface area contributed by atoms with Crippen molar-refractivity contribution in [3.63, 3.8) is 0 Å². The Balaban J connectivity index is 1.67. The number of hydrogen-bond acceptors (Lipinski definition) is 4. The zero-order valence-electron chi connectivity index (χ0n) is 17.2. The zero-order valence-corrected chi connectivity index (χ0v) is 19.5. The SMILES string of the molecule is NCC[C@@H]1N[C@H](CNC(=O)c2ccc(F)c(Cl)c2)CCN(Cc2cccc(Cl)c2Cl)C1=O. The summed E-state index contributed by atoms with van der Waals surface area (Å²) in [6.45, 7) is 1.42. The monoisotopic (exact) mass is 500 g/mol. The second-order valence-electron chi connectivity index (χ2n) is 7.59. The number of rotatable bonds is 7. The maximum atomic E-state index is 13.3. The molecule has 2 amide bonds. The minimum Gasteiger partial charge on any atom is -0.350 e. The number of benzene rings is 2. The predicted molar refractivity (Wildman–Crippen MR) is 125 cm³/mol. The van der Waals surface area contributed by atoms with Crippen LogP contribution < -0.4 is 16.4 Å². The molecule has 1 heterocycles. The van der Waals surface area contributed by atoms with E-state index in [1.165, 1.54) is 12.1 Å². The first kappa shape index (κ1) is 24.7. The summed E-state index contributed by atoms with van der Waals surface area (Å²) in [4.78, 5) is 27.3. The molecule has 172 valence electrons. The van der Waals surface area contributed by atoms with Crippen LogP contribution in [-0.4, -0.2) is 48.4 Å². The van der Waals surface area contributed by atoms with Gasteiger partial charge in [0.05, 0.1) is 21.1 Å². The summed E-state index contributed by atoms with van der Waals surface area (Å²) in [5.74, 6) is -1.04. The van der Waals surface area contributed by atoms with E-state index in [0.29, 0.717) is 42.5 Å². The van der Waals surface area contributed by atoms with Gasteiger partial charge in [-0.15, -0.1) is 0 Å². The minimum atomic E-state index is -0.586. The van der Waals surface area contributed by atoms with Crippen LogP contribution in [-0.2, 0) is 11.3 Å². The van der Waals surface area contributed by atoms with Gasteiger partial charge in [0.15, 0.2) is 0 Å². The molecule has 1 aliphatic heterocycles. The smallest absolute Gasteiger partial charge is 0.251 e. The molecular weight excluding hydrogens is 478 g/mol. The largest absolute Gasteiger partial charge is 0.350 e. The van der Waals surface area contributed by atoms with Crippen molar-refractivity contribution in [2.75, 3.05) is 19.6 Å². The number of nitrogens with zero attached hydrogens (tertiary/aromatic N) is 1. The Morgan fingerprint density at radius 2 is 2.00 bits per heavy atom. The van der Waals surface area contributed by atoms with Crippen molar-refractivity contribution in [1.29, 1.82) is 0 Å². The molecule has 3 rings (SSSR count). The van der Waals surface area contributed by atoms with Gasteiger partial charge in [0.1, 0.15) is 5.82 Å². The number of nitrogens with one attached hydrogen (secondary N) is 2. The summed E-state index contributed by atoms with van der Waals surface area (Å²) in [7, 11) is 0. The van der Waals surface area contributed by atoms with Crippen LogP contribution in [0.2, 0.25) is 15.1 Å². The lowest BCUT2D eigenvalue weighted by Gasteiger charge is -2.25. The molecule has 2 atom stereocenters. The molecule has 1 saturated heterocycles. The summed E-state index contributed by atoms with van der Waals surface area (Å²) in [5.41, 5.74) is 6.75. The molecule has 0 saturated carbocycles. The van der Waals surface area contributed by atoms with E-state index in [4.69, 9.17) is 40.5 Å². The second kappa shape index (κ2) is 11.3. The van der Waals surface area contributed by atoms with Gasteiger partial charge in [-0.25, -0.2) is 4.39 Å². The van der Waals surface area contributed by atoms with Crippen molar-refractivity contribution >= 4 is 46.6 Å². The number of nitrogens with two attached hydrogens (primary N) is 1. The van der Waals surface area contributed by atoms with Crippen molar-refractivity contribution in [2.24, 2.45) is 5.73 Å². The van der Waals surface area contributed by atoms with Crippen molar-refractivity contribution in [3.8, 4) is 0 Å².